The summed E-state index contributed by atoms with van der Waals surface area (Å²) in [7, 11) is 0. The van der Waals surface area contributed by atoms with Gasteiger partial charge in [0.05, 0.1) is 28.8 Å². The molecular weight excluding hydrogens is 520 g/mol. The standard InChI is InChI=1S/C22H26N8S.C4H4O4/c1-2-5-20-19(4-1)28-22(30(20)14-18-15-31-16-26-18)27-17-6-11-29(12-7-17)13-10-25-21-23-8-3-9-24-21;5-3(6)1-2-4(7)8/h1-5,8-9,15-17H,6-7,10-14H2,(H,27,28)(H,23,24,25);1-2H,(H,5,6)(H,7,8)/b;2-1+. The molecule has 1 fully saturated rings. The van der Waals surface area contributed by atoms with Crippen molar-refractivity contribution in [1.29, 1.82) is 0 Å². The van der Waals surface area contributed by atoms with Crippen LogP contribution in [0.1, 0.15) is 18.5 Å². The van der Waals surface area contributed by atoms with Crippen LogP contribution in [0.25, 0.3) is 11.0 Å². The van der Waals surface area contributed by atoms with Crippen molar-refractivity contribution >= 4 is 46.2 Å². The normalized spacial score (nSPS) is 14.2. The minimum atomic E-state index is -1.26. The van der Waals surface area contributed by atoms with E-state index in [4.69, 9.17) is 15.2 Å². The van der Waals surface area contributed by atoms with Crippen LogP contribution in [0.5, 0.6) is 0 Å². The highest BCUT2D eigenvalue weighted by Crippen LogP contribution is 2.23. The number of hydrogen-bond acceptors (Lipinski definition) is 10. The lowest BCUT2D eigenvalue weighted by atomic mass is 10.1. The number of likely N-dealkylation sites (tertiary alicyclic amines) is 1. The van der Waals surface area contributed by atoms with Gasteiger partial charge in [-0.3, -0.25) is 0 Å². The summed E-state index contributed by atoms with van der Waals surface area (Å²) < 4.78 is 2.25. The highest BCUT2D eigenvalue weighted by molar-refractivity contribution is 7.07. The maximum absolute atomic E-state index is 9.55. The van der Waals surface area contributed by atoms with E-state index < -0.39 is 11.9 Å². The Kier molecular flexibility index (Phi) is 9.92. The van der Waals surface area contributed by atoms with E-state index >= 15 is 0 Å². The zero-order valence-corrected chi connectivity index (χ0v) is 22.0. The van der Waals surface area contributed by atoms with E-state index in [1.165, 1.54) is 0 Å². The monoisotopic (exact) mass is 550 g/mol. The van der Waals surface area contributed by atoms with Gasteiger partial charge in [0.15, 0.2) is 0 Å². The molecule has 0 aliphatic carbocycles. The van der Waals surface area contributed by atoms with Gasteiger partial charge in [-0.25, -0.2) is 29.5 Å². The quantitative estimate of drug-likeness (QED) is 0.215. The highest BCUT2D eigenvalue weighted by atomic mass is 32.1. The second kappa shape index (κ2) is 14.0. The molecule has 204 valence electrons. The molecule has 4 N–H and O–H groups in total. The largest absolute Gasteiger partial charge is 0.478 e. The molecule has 39 heavy (non-hydrogen) atoms. The summed E-state index contributed by atoms with van der Waals surface area (Å²) in [5.41, 5.74) is 5.12. The van der Waals surface area contributed by atoms with Crippen LogP contribution in [-0.4, -0.2) is 83.8 Å². The molecule has 0 unspecified atom stereocenters. The second-order valence-electron chi connectivity index (χ2n) is 8.76. The molecule has 1 aromatic carbocycles. The predicted octanol–water partition coefficient (Wildman–Crippen LogP) is 3.03. The summed E-state index contributed by atoms with van der Waals surface area (Å²) in [5, 5.41) is 24.7. The molecule has 12 nitrogen and oxygen atoms in total. The van der Waals surface area contributed by atoms with Crippen LogP contribution in [0.2, 0.25) is 0 Å². The number of carboxylic acids is 2. The van der Waals surface area contributed by atoms with E-state index in [1.54, 1.807) is 23.7 Å². The molecule has 0 atom stereocenters. The number of aliphatic carboxylic acids is 2. The number of benzene rings is 1. The summed E-state index contributed by atoms with van der Waals surface area (Å²) in [6.07, 6.45) is 6.83. The first-order chi connectivity index (χ1) is 19.0. The number of nitrogens with one attached hydrogen (secondary N) is 2. The van der Waals surface area contributed by atoms with Gasteiger partial charge in [-0.2, -0.15) is 0 Å². The smallest absolute Gasteiger partial charge is 0.328 e. The SMILES string of the molecule is O=C(O)/C=C/C(=O)O.c1cnc(NCCN2CCC(Nc3nc4ccccc4n3Cc3cscn3)CC2)nc1. The van der Waals surface area contributed by atoms with Crippen molar-refractivity contribution in [3.63, 3.8) is 0 Å². The van der Waals surface area contributed by atoms with Gasteiger partial charge in [-0.15, -0.1) is 11.3 Å². The Bertz CT molecular complexity index is 1350. The topological polar surface area (TPSA) is 158 Å². The van der Waals surface area contributed by atoms with Crippen LogP contribution in [0.15, 0.2) is 65.8 Å². The third kappa shape index (κ3) is 8.58. The number of fused-ring (bicyclic) bond motifs is 1. The third-order valence-electron chi connectivity index (χ3n) is 6.02. The number of imidazole rings is 1. The highest BCUT2D eigenvalue weighted by Gasteiger charge is 2.21. The van der Waals surface area contributed by atoms with Crippen molar-refractivity contribution in [3.05, 3.63) is 71.5 Å². The fraction of sp³-hybridized carbons (Fsp3) is 0.308. The molecule has 1 aliphatic heterocycles. The molecule has 3 aromatic heterocycles. The Labute approximate surface area is 229 Å². The van der Waals surface area contributed by atoms with Crippen LogP contribution >= 0.6 is 11.3 Å². The number of hydrogen-bond donors (Lipinski definition) is 4. The first-order valence-electron chi connectivity index (χ1n) is 12.4. The second-order valence-corrected chi connectivity index (χ2v) is 9.48. The van der Waals surface area contributed by atoms with E-state index in [9.17, 15) is 9.59 Å². The molecule has 13 heteroatoms. The van der Waals surface area contributed by atoms with E-state index in [0.717, 1.165) is 68.2 Å². The lowest BCUT2D eigenvalue weighted by Gasteiger charge is -2.32. The van der Waals surface area contributed by atoms with Crippen molar-refractivity contribution in [2.45, 2.75) is 25.4 Å². The number of carbonyl (C=O) groups is 2. The number of carboxylic acid groups (broad SMARTS) is 2. The Hall–Kier alpha value is -4.36. The van der Waals surface area contributed by atoms with Crippen molar-refractivity contribution in [1.82, 2.24) is 29.4 Å². The Morgan fingerprint density at radius 1 is 1.03 bits per heavy atom. The van der Waals surface area contributed by atoms with E-state index in [2.05, 4.69) is 58.6 Å². The fourth-order valence-electron chi connectivity index (χ4n) is 4.17. The Morgan fingerprint density at radius 2 is 1.74 bits per heavy atom. The van der Waals surface area contributed by atoms with E-state index in [-0.39, 0.29) is 0 Å². The maximum atomic E-state index is 9.55. The molecule has 0 bridgehead atoms. The van der Waals surface area contributed by atoms with Crippen molar-refractivity contribution < 1.29 is 19.8 Å². The van der Waals surface area contributed by atoms with Gasteiger partial charge in [-0.1, -0.05) is 12.1 Å². The number of aromatic nitrogens is 5. The molecule has 1 saturated heterocycles. The summed E-state index contributed by atoms with van der Waals surface area (Å²) in [5.74, 6) is -0.881. The Morgan fingerprint density at radius 3 is 2.41 bits per heavy atom. The van der Waals surface area contributed by atoms with Crippen molar-refractivity contribution in [2.75, 3.05) is 36.8 Å². The molecular formula is C26H30N8O4S. The van der Waals surface area contributed by atoms with E-state index in [1.807, 2.05) is 17.6 Å². The molecule has 4 aromatic rings. The minimum absolute atomic E-state index is 0.424. The summed E-state index contributed by atoms with van der Waals surface area (Å²) in [6.45, 7) is 4.72. The number of piperidine rings is 1. The molecule has 0 saturated carbocycles. The average Bonchev–Trinajstić information content (AvgIpc) is 3.58. The molecule has 0 radical (unpaired) electrons. The van der Waals surface area contributed by atoms with Gasteiger partial charge in [0, 0.05) is 62.1 Å². The van der Waals surface area contributed by atoms with Crippen LogP contribution in [0, 0.1) is 0 Å². The summed E-state index contributed by atoms with van der Waals surface area (Å²) in [4.78, 5) is 39.4. The van der Waals surface area contributed by atoms with Gasteiger partial charge in [0.25, 0.3) is 0 Å². The Balaban J connectivity index is 0.000000386. The van der Waals surface area contributed by atoms with Gasteiger partial charge in [0.1, 0.15) is 0 Å². The van der Waals surface area contributed by atoms with Crippen LogP contribution in [0.3, 0.4) is 0 Å². The fourth-order valence-corrected chi connectivity index (χ4v) is 4.72. The zero-order chi connectivity index (χ0) is 27.5. The van der Waals surface area contributed by atoms with Crippen molar-refractivity contribution in [3.8, 4) is 0 Å². The molecule has 4 heterocycles. The lowest BCUT2D eigenvalue weighted by molar-refractivity contribution is -0.134. The summed E-state index contributed by atoms with van der Waals surface area (Å²) in [6, 6.07) is 10.6. The first kappa shape index (κ1) is 27.7. The van der Waals surface area contributed by atoms with Gasteiger partial charge in [-0.05, 0) is 31.0 Å². The maximum Gasteiger partial charge on any atom is 0.328 e. The predicted molar refractivity (Wildman–Crippen MR) is 149 cm³/mol. The van der Waals surface area contributed by atoms with Gasteiger partial charge >= 0.3 is 11.9 Å². The molecule has 0 amide bonds. The molecule has 5 rings (SSSR count). The van der Waals surface area contributed by atoms with Gasteiger partial charge < -0.3 is 30.3 Å². The number of rotatable bonds is 10. The van der Waals surface area contributed by atoms with Gasteiger partial charge in [0.2, 0.25) is 11.9 Å². The minimum Gasteiger partial charge on any atom is -0.478 e. The number of para-hydroxylation sites is 2. The van der Waals surface area contributed by atoms with Crippen LogP contribution < -0.4 is 10.6 Å². The summed E-state index contributed by atoms with van der Waals surface area (Å²) >= 11 is 1.63. The number of nitrogens with zero attached hydrogens (tertiary/aromatic N) is 6. The molecule has 0 spiro atoms. The molecule has 1 aliphatic rings. The van der Waals surface area contributed by atoms with E-state index in [0.29, 0.717) is 24.1 Å². The first-order valence-corrected chi connectivity index (χ1v) is 13.4. The average molecular weight is 551 g/mol. The van der Waals surface area contributed by atoms with Crippen LogP contribution in [-0.2, 0) is 16.1 Å². The van der Waals surface area contributed by atoms with Crippen LogP contribution in [0.4, 0.5) is 11.9 Å². The third-order valence-corrected chi connectivity index (χ3v) is 6.66. The zero-order valence-electron chi connectivity index (χ0n) is 21.2. The number of thiazole rings is 1. The lowest BCUT2D eigenvalue weighted by Crippen LogP contribution is -2.41. The number of anilines is 2. The van der Waals surface area contributed by atoms with Crippen molar-refractivity contribution in [2.24, 2.45) is 0 Å².